The van der Waals surface area contributed by atoms with E-state index >= 15 is 0 Å². The molecule has 0 amide bonds. The molecule has 0 fully saturated rings. The molecule has 0 aliphatic carbocycles. The number of hydrogen-bond acceptors (Lipinski definition) is 7. The van der Waals surface area contributed by atoms with Crippen LogP contribution in [0.4, 0.5) is 11.6 Å². The first kappa shape index (κ1) is 15.3. The van der Waals surface area contributed by atoms with Gasteiger partial charge < -0.3 is 10.8 Å². The number of nitrogens with zero attached hydrogens (tertiary/aromatic N) is 4. The molecule has 124 valence electrons. The van der Waals surface area contributed by atoms with E-state index in [9.17, 15) is 5.11 Å². The summed E-state index contributed by atoms with van der Waals surface area (Å²) in [7, 11) is 1.68. The van der Waals surface area contributed by atoms with Gasteiger partial charge in [-0.1, -0.05) is 35.0 Å². The molecule has 7 nitrogen and oxygen atoms in total. The Balaban J connectivity index is 1.78. The zero-order valence-electron chi connectivity index (χ0n) is 13.2. The number of anilines is 1. The molecule has 4 aromatic rings. The molecule has 0 aliphatic heterocycles. The zero-order chi connectivity index (χ0) is 17.4. The molecule has 2 N–H and O–H groups in total. The van der Waals surface area contributed by atoms with E-state index in [4.69, 9.17) is 10.3 Å². The third-order valence-corrected chi connectivity index (χ3v) is 4.73. The summed E-state index contributed by atoms with van der Waals surface area (Å²) in [6.07, 6.45) is 1.51. The minimum Gasteiger partial charge on any atom is -0.857 e. The molecule has 8 heteroatoms. The third-order valence-electron chi connectivity index (χ3n) is 3.63. The zero-order valence-corrected chi connectivity index (χ0v) is 14.0. The fraction of sp³-hybridized carbons (Fsp3) is 0.0588. The molecule has 0 saturated heterocycles. The summed E-state index contributed by atoms with van der Waals surface area (Å²) in [5, 5.41) is 16.8. The maximum Gasteiger partial charge on any atom is 0.320 e. The Labute approximate surface area is 146 Å². The van der Waals surface area contributed by atoms with Crippen molar-refractivity contribution in [2.45, 2.75) is 0 Å². The van der Waals surface area contributed by atoms with Crippen LogP contribution in [0.5, 0.6) is 0 Å². The van der Waals surface area contributed by atoms with E-state index in [1.54, 1.807) is 7.05 Å². The monoisotopic (exact) mass is 351 g/mol. The Hall–Kier alpha value is -3.26. The Morgan fingerprint density at radius 2 is 2.04 bits per heavy atom. The summed E-state index contributed by atoms with van der Waals surface area (Å²) in [5.41, 5.74) is 8.33. The topological polar surface area (TPSA) is 104 Å². The molecule has 0 aliphatic rings. The van der Waals surface area contributed by atoms with Crippen molar-refractivity contribution in [3.63, 3.8) is 0 Å². The smallest absolute Gasteiger partial charge is 0.320 e. The largest absolute Gasteiger partial charge is 0.857 e. The molecule has 4 rings (SSSR count). The molecule has 1 aromatic carbocycles. The van der Waals surface area contributed by atoms with Crippen LogP contribution in [0.15, 0.2) is 58.2 Å². The van der Waals surface area contributed by atoms with Crippen molar-refractivity contribution in [3.8, 4) is 11.3 Å². The number of aromatic nitrogens is 3. The second-order valence-corrected chi connectivity index (χ2v) is 6.39. The van der Waals surface area contributed by atoms with Crippen LogP contribution < -0.4 is 15.5 Å². The van der Waals surface area contributed by atoms with Crippen molar-refractivity contribution in [2.75, 3.05) is 5.73 Å². The van der Waals surface area contributed by atoms with Crippen molar-refractivity contribution >= 4 is 39.0 Å². The fourth-order valence-corrected chi connectivity index (χ4v) is 3.42. The predicted molar refractivity (Wildman–Crippen MR) is 93.3 cm³/mol. The number of benzene rings is 1. The van der Waals surface area contributed by atoms with Crippen LogP contribution in [-0.4, -0.2) is 16.2 Å². The SMILES string of the molecule is C[n+]1cc(/N=C(\[O-])c2sc3nc(-c4ccccc4)ccc3c2N)on1. The summed E-state index contributed by atoms with van der Waals surface area (Å²) >= 11 is 1.22. The molecule has 0 saturated carbocycles. The number of aliphatic imine (C=N–C) groups is 1. The van der Waals surface area contributed by atoms with E-state index in [0.29, 0.717) is 15.4 Å². The van der Waals surface area contributed by atoms with Gasteiger partial charge in [0.2, 0.25) is 0 Å². The van der Waals surface area contributed by atoms with Gasteiger partial charge in [0.25, 0.3) is 6.20 Å². The number of fused-ring (bicyclic) bond motifs is 1. The number of rotatable bonds is 3. The molecule has 0 radical (unpaired) electrons. The van der Waals surface area contributed by atoms with E-state index in [0.717, 1.165) is 16.6 Å². The van der Waals surface area contributed by atoms with Crippen molar-refractivity contribution in [1.82, 2.24) is 10.3 Å². The van der Waals surface area contributed by atoms with Gasteiger partial charge in [-0.15, -0.1) is 11.3 Å². The second-order valence-electron chi connectivity index (χ2n) is 5.39. The molecule has 0 spiro atoms. The first-order valence-corrected chi connectivity index (χ1v) is 8.26. The molecule has 0 unspecified atom stereocenters. The van der Waals surface area contributed by atoms with Gasteiger partial charge in [-0.25, -0.2) is 9.98 Å². The maximum absolute atomic E-state index is 12.4. The molecular formula is C17H13N5O2S. The summed E-state index contributed by atoms with van der Waals surface area (Å²) in [6.45, 7) is 0. The van der Waals surface area contributed by atoms with Gasteiger partial charge in [0, 0.05) is 16.8 Å². The fourth-order valence-electron chi connectivity index (χ4n) is 2.44. The van der Waals surface area contributed by atoms with E-state index < -0.39 is 5.90 Å². The van der Waals surface area contributed by atoms with Crippen LogP contribution in [0, 0.1) is 0 Å². The average molecular weight is 351 g/mol. The second kappa shape index (κ2) is 5.99. The first-order valence-electron chi connectivity index (χ1n) is 7.45. The normalized spacial score (nSPS) is 12.0. The lowest BCUT2D eigenvalue weighted by atomic mass is 10.1. The highest BCUT2D eigenvalue weighted by atomic mass is 32.1. The standard InChI is InChI=1S/C17H13N5O2S/c1-22-9-13(24-21-22)20-16(23)15-14(18)11-7-8-12(19-17(11)25-15)10-5-3-2-4-6-10/h2-9H,1H3,(H2-,18,20,21,23). The number of pyridine rings is 1. The Kier molecular flexibility index (Phi) is 3.66. The Bertz CT molecular complexity index is 1090. The van der Waals surface area contributed by atoms with Crippen molar-refractivity contribution in [1.29, 1.82) is 0 Å². The van der Waals surface area contributed by atoms with Gasteiger partial charge in [-0.3, -0.25) is 4.52 Å². The predicted octanol–water partition coefficient (Wildman–Crippen LogP) is 1.80. The lowest BCUT2D eigenvalue weighted by Crippen LogP contribution is -2.27. The van der Waals surface area contributed by atoms with E-state index in [1.807, 2.05) is 42.5 Å². The van der Waals surface area contributed by atoms with Gasteiger partial charge >= 0.3 is 5.88 Å². The van der Waals surface area contributed by atoms with E-state index in [1.165, 1.54) is 22.2 Å². The summed E-state index contributed by atoms with van der Waals surface area (Å²) in [5.74, 6) is -0.346. The van der Waals surface area contributed by atoms with Gasteiger partial charge in [-0.05, 0) is 12.1 Å². The van der Waals surface area contributed by atoms with Gasteiger partial charge in [0.05, 0.1) is 16.3 Å². The molecule has 3 aromatic heterocycles. The number of hydrogen-bond donors (Lipinski definition) is 1. The van der Waals surface area contributed by atoms with Crippen LogP contribution in [0.2, 0.25) is 0 Å². The van der Waals surface area contributed by atoms with Crippen LogP contribution in [-0.2, 0) is 7.05 Å². The van der Waals surface area contributed by atoms with Crippen LogP contribution in [0.25, 0.3) is 21.5 Å². The van der Waals surface area contributed by atoms with Crippen molar-refractivity contribution < 1.29 is 14.3 Å². The minimum atomic E-state index is -0.474. The lowest BCUT2D eigenvalue weighted by molar-refractivity contribution is -0.739. The summed E-state index contributed by atoms with van der Waals surface area (Å²) in [4.78, 5) is 9.56. The maximum atomic E-state index is 12.4. The molecule has 0 atom stereocenters. The minimum absolute atomic E-state index is 0.127. The van der Waals surface area contributed by atoms with E-state index in [2.05, 4.69) is 15.2 Å². The van der Waals surface area contributed by atoms with Crippen LogP contribution in [0.1, 0.15) is 4.88 Å². The highest BCUT2D eigenvalue weighted by Crippen LogP contribution is 2.34. The van der Waals surface area contributed by atoms with Gasteiger partial charge in [-0.2, -0.15) is 0 Å². The average Bonchev–Trinajstić information content (AvgIpc) is 3.18. The van der Waals surface area contributed by atoms with E-state index in [-0.39, 0.29) is 5.88 Å². The molecule has 3 heterocycles. The first-order chi connectivity index (χ1) is 12.1. The number of nitrogen functional groups attached to an aromatic ring is 1. The number of aryl methyl sites for hydroxylation is 1. The third kappa shape index (κ3) is 2.83. The lowest BCUT2D eigenvalue weighted by Gasteiger charge is -2.06. The highest BCUT2D eigenvalue weighted by molar-refractivity contribution is 7.21. The van der Waals surface area contributed by atoms with Gasteiger partial charge in [0.15, 0.2) is 12.3 Å². The van der Waals surface area contributed by atoms with Crippen LogP contribution in [0.3, 0.4) is 0 Å². The van der Waals surface area contributed by atoms with Crippen molar-refractivity contribution in [2.24, 2.45) is 12.0 Å². The number of thiophene rings is 1. The van der Waals surface area contributed by atoms with Crippen LogP contribution >= 0.6 is 11.3 Å². The quantitative estimate of drug-likeness (QED) is 0.344. The summed E-state index contributed by atoms with van der Waals surface area (Å²) < 4.78 is 6.35. The Morgan fingerprint density at radius 1 is 1.24 bits per heavy atom. The molecule has 25 heavy (non-hydrogen) atoms. The highest BCUT2D eigenvalue weighted by Gasteiger charge is 2.13. The van der Waals surface area contributed by atoms with Gasteiger partial charge in [0.1, 0.15) is 4.83 Å². The Morgan fingerprint density at radius 3 is 2.76 bits per heavy atom. The molecular weight excluding hydrogens is 338 g/mol. The summed E-state index contributed by atoms with van der Waals surface area (Å²) in [6, 6.07) is 13.6. The number of nitrogens with two attached hydrogens (primary N) is 1. The van der Waals surface area contributed by atoms with Crippen molar-refractivity contribution in [3.05, 3.63) is 53.5 Å². The molecule has 0 bridgehead atoms.